The molecule has 1 unspecified atom stereocenters. The second-order valence-corrected chi connectivity index (χ2v) is 7.21. The molecular weight excluding hydrogens is 406 g/mol. The first-order valence-corrected chi connectivity index (χ1v) is 10.1. The van der Waals surface area contributed by atoms with Crippen molar-refractivity contribution in [3.05, 3.63) is 83.0 Å². The molecule has 8 heteroatoms. The Morgan fingerprint density at radius 1 is 1.19 bits per heavy atom. The predicted octanol–water partition coefficient (Wildman–Crippen LogP) is 4.02. The molecule has 0 radical (unpaired) electrons. The van der Waals surface area contributed by atoms with Crippen LogP contribution in [0.25, 0.3) is 11.1 Å². The van der Waals surface area contributed by atoms with Crippen molar-refractivity contribution in [1.82, 2.24) is 15.0 Å². The van der Waals surface area contributed by atoms with E-state index in [0.29, 0.717) is 47.2 Å². The number of aromatic nitrogens is 3. The van der Waals surface area contributed by atoms with Crippen molar-refractivity contribution < 1.29 is 13.9 Å². The van der Waals surface area contributed by atoms with Crippen molar-refractivity contribution in [3.63, 3.8) is 0 Å². The van der Waals surface area contributed by atoms with Crippen molar-refractivity contribution in [2.75, 3.05) is 19.0 Å². The minimum Gasteiger partial charge on any atom is -0.465 e. The predicted molar refractivity (Wildman–Crippen MR) is 118 cm³/mol. The van der Waals surface area contributed by atoms with Gasteiger partial charge in [0.1, 0.15) is 5.52 Å². The van der Waals surface area contributed by atoms with E-state index < -0.39 is 5.92 Å². The van der Waals surface area contributed by atoms with Crippen molar-refractivity contribution >= 4 is 23.0 Å². The Morgan fingerprint density at radius 3 is 2.69 bits per heavy atom. The molecule has 2 heterocycles. The number of fused-ring (bicyclic) bond motifs is 1. The number of methoxy groups -OCH3 is 1. The second kappa shape index (κ2) is 9.27. The van der Waals surface area contributed by atoms with Crippen LogP contribution in [-0.2, 0) is 11.2 Å². The van der Waals surface area contributed by atoms with Crippen LogP contribution in [0.1, 0.15) is 39.0 Å². The number of aryl methyl sites for hydroxylation is 1. The Kier molecular flexibility index (Phi) is 6.08. The molecule has 0 saturated heterocycles. The van der Waals surface area contributed by atoms with Crippen LogP contribution in [0.3, 0.4) is 0 Å². The highest BCUT2D eigenvalue weighted by molar-refractivity contribution is 5.89. The molecule has 0 amide bonds. The van der Waals surface area contributed by atoms with Gasteiger partial charge in [-0.3, -0.25) is 0 Å². The average Bonchev–Trinajstić information content (AvgIpc) is 3.25. The van der Waals surface area contributed by atoms with Gasteiger partial charge in [-0.05, 0) is 48.7 Å². The summed E-state index contributed by atoms with van der Waals surface area (Å²) in [4.78, 5) is 24.9. The smallest absolute Gasteiger partial charge is 0.337 e. The summed E-state index contributed by atoms with van der Waals surface area (Å²) in [7, 11) is 1.36. The Hall–Kier alpha value is -4.25. The van der Waals surface area contributed by atoms with Crippen molar-refractivity contribution in [2.45, 2.75) is 19.3 Å². The van der Waals surface area contributed by atoms with E-state index in [0.717, 1.165) is 11.1 Å². The average molecular weight is 427 g/mol. The Balaban J connectivity index is 1.47. The molecule has 0 aliphatic carbocycles. The molecular formula is C24H21N5O3. The maximum Gasteiger partial charge on any atom is 0.337 e. The molecule has 32 heavy (non-hydrogen) atoms. The van der Waals surface area contributed by atoms with E-state index in [1.807, 2.05) is 43.3 Å². The Morgan fingerprint density at radius 2 is 1.97 bits per heavy atom. The van der Waals surface area contributed by atoms with Crippen LogP contribution < -0.4 is 5.32 Å². The number of esters is 1. The van der Waals surface area contributed by atoms with Gasteiger partial charge in [-0.2, -0.15) is 5.26 Å². The number of carbonyl (C=O) groups is 1. The number of nitriles is 1. The third kappa shape index (κ3) is 4.42. The Bertz CT molecular complexity index is 1260. The van der Waals surface area contributed by atoms with E-state index in [1.165, 1.54) is 7.11 Å². The highest BCUT2D eigenvalue weighted by Crippen LogP contribution is 2.28. The molecule has 0 spiro atoms. The Labute approximate surface area is 184 Å². The largest absolute Gasteiger partial charge is 0.465 e. The quantitative estimate of drug-likeness (QED) is 0.440. The lowest BCUT2D eigenvalue weighted by atomic mass is 10.0. The first-order chi connectivity index (χ1) is 15.6. The number of hydrogen-bond donors (Lipinski definition) is 1. The fraction of sp³-hybridized carbons (Fsp3) is 0.208. The maximum atomic E-state index is 11.5. The number of rotatable bonds is 7. The number of nitrogens with zero attached hydrogens (tertiary/aromatic N) is 4. The van der Waals surface area contributed by atoms with Crippen LogP contribution in [0.15, 0.2) is 59.1 Å². The van der Waals surface area contributed by atoms with Gasteiger partial charge < -0.3 is 14.5 Å². The maximum absolute atomic E-state index is 11.5. The van der Waals surface area contributed by atoms with Gasteiger partial charge >= 0.3 is 5.97 Å². The van der Waals surface area contributed by atoms with E-state index >= 15 is 0 Å². The molecule has 2 aromatic heterocycles. The molecule has 0 aliphatic heterocycles. The zero-order valence-electron chi connectivity index (χ0n) is 17.7. The fourth-order valence-corrected chi connectivity index (χ4v) is 3.32. The van der Waals surface area contributed by atoms with Gasteiger partial charge in [0.25, 0.3) is 0 Å². The molecule has 2 aromatic carbocycles. The molecule has 0 fully saturated rings. The number of para-hydroxylation sites is 2. The zero-order chi connectivity index (χ0) is 22.5. The highest BCUT2D eigenvalue weighted by atomic mass is 16.5. The van der Waals surface area contributed by atoms with Crippen LogP contribution in [-0.4, -0.2) is 34.6 Å². The first kappa shape index (κ1) is 21.0. The summed E-state index contributed by atoms with van der Waals surface area (Å²) in [6.07, 6.45) is 2.39. The highest BCUT2D eigenvalue weighted by Gasteiger charge is 2.24. The first-order valence-electron chi connectivity index (χ1n) is 10.1. The minimum atomic E-state index is -0.739. The molecule has 1 atom stereocenters. The van der Waals surface area contributed by atoms with Crippen molar-refractivity contribution in [3.8, 4) is 6.07 Å². The SMILES string of the molecule is COC(=O)c1ccc(CCNc2ncc(C)c(C(C#N)c3nc4ccccc4o3)n2)cc1. The van der Waals surface area contributed by atoms with E-state index in [4.69, 9.17) is 9.15 Å². The second-order valence-electron chi connectivity index (χ2n) is 7.21. The van der Waals surface area contributed by atoms with E-state index in [-0.39, 0.29) is 5.97 Å². The molecule has 0 aliphatic rings. The summed E-state index contributed by atoms with van der Waals surface area (Å²) >= 11 is 0. The van der Waals surface area contributed by atoms with Gasteiger partial charge in [0, 0.05) is 12.7 Å². The zero-order valence-corrected chi connectivity index (χ0v) is 17.7. The molecule has 8 nitrogen and oxygen atoms in total. The molecule has 0 bridgehead atoms. The van der Waals surface area contributed by atoms with E-state index in [2.05, 4.69) is 26.3 Å². The van der Waals surface area contributed by atoms with Gasteiger partial charge in [-0.1, -0.05) is 24.3 Å². The van der Waals surface area contributed by atoms with Gasteiger partial charge in [-0.15, -0.1) is 0 Å². The number of ether oxygens (including phenoxy) is 1. The van der Waals surface area contributed by atoms with Gasteiger partial charge in [0.2, 0.25) is 11.8 Å². The third-order valence-corrected chi connectivity index (χ3v) is 5.04. The van der Waals surface area contributed by atoms with E-state index in [1.54, 1.807) is 18.3 Å². The molecule has 4 aromatic rings. The van der Waals surface area contributed by atoms with E-state index in [9.17, 15) is 10.1 Å². The van der Waals surface area contributed by atoms with Crippen LogP contribution in [0.5, 0.6) is 0 Å². The molecule has 1 N–H and O–H groups in total. The standard InChI is InChI=1S/C24H21N5O3/c1-15-14-27-24(26-12-11-16-7-9-17(10-8-16)23(30)31-2)29-21(15)18(13-25)22-28-19-5-3-4-6-20(19)32-22/h3-10,14,18H,11-12H2,1-2H3,(H,26,27,29). The monoisotopic (exact) mass is 427 g/mol. The summed E-state index contributed by atoms with van der Waals surface area (Å²) in [5, 5.41) is 13.0. The van der Waals surface area contributed by atoms with Gasteiger partial charge in [0.05, 0.1) is 24.4 Å². The van der Waals surface area contributed by atoms with Gasteiger partial charge in [0.15, 0.2) is 11.5 Å². The normalized spacial score (nSPS) is 11.7. The summed E-state index contributed by atoms with van der Waals surface area (Å²) < 4.78 is 10.5. The third-order valence-electron chi connectivity index (χ3n) is 5.04. The summed E-state index contributed by atoms with van der Waals surface area (Å²) in [6.45, 7) is 2.44. The van der Waals surface area contributed by atoms with Crippen molar-refractivity contribution in [2.24, 2.45) is 0 Å². The lowest BCUT2D eigenvalue weighted by Gasteiger charge is -2.11. The fourth-order valence-electron chi connectivity index (χ4n) is 3.32. The van der Waals surface area contributed by atoms with Crippen LogP contribution in [0.2, 0.25) is 0 Å². The lowest BCUT2D eigenvalue weighted by molar-refractivity contribution is 0.0600. The summed E-state index contributed by atoms with van der Waals surface area (Å²) in [5.41, 5.74) is 4.23. The lowest BCUT2D eigenvalue weighted by Crippen LogP contribution is -2.12. The number of hydrogen-bond acceptors (Lipinski definition) is 8. The number of anilines is 1. The minimum absolute atomic E-state index is 0.312. The van der Waals surface area contributed by atoms with Crippen LogP contribution >= 0.6 is 0 Å². The summed E-state index contributed by atoms with van der Waals surface area (Å²) in [5.74, 6) is -0.363. The van der Waals surface area contributed by atoms with Crippen LogP contribution in [0.4, 0.5) is 5.95 Å². The molecule has 0 saturated carbocycles. The molecule has 4 rings (SSSR count). The van der Waals surface area contributed by atoms with Gasteiger partial charge in [-0.25, -0.2) is 19.7 Å². The number of oxazole rings is 1. The number of nitrogens with one attached hydrogen (secondary N) is 1. The number of carbonyl (C=O) groups excluding carboxylic acids is 1. The van der Waals surface area contributed by atoms with Crippen molar-refractivity contribution in [1.29, 1.82) is 5.26 Å². The summed E-state index contributed by atoms with van der Waals surface area (Å²) in [6, 6.07) is 16.9. The molecule has 160 valence electrons. The topological polar surface area (TPSA) is 114 Å². The number of benzene rings is 2. The van der Waals surface area contributed by atoms with Crippen LogP contribution in [0, 0.1) is 18.3 Å².